The first-order valence-electron chi connectivity index (χ1n) is 12.0. The molecule has 0 saturated carbocycles. The predicted molar refractivity (Wildman–Crippen MR) is 138 cm³/mol. The van der Waals surface area contributed by atoms with Crippen molar-refractivity contribution >= 4 is 28.6 Å². The van der Waals surface area contributed by atoms with Gasteiger partial charge in [0.25, 0.3) is 0 Å². The van der Waals surface area contributed by atoms with Crippen LogP contribution in [0.15, 0.2) is 60.9 Å². The Labute approximate surface area is 204 Å². The Morgan fingerprint density at radius 3 is 2.37 bits per heavy atom. The highest BCUT2D eigenvalue weighted by Gasteiger charge is 2.23. The lowest BCUT2D eigenvalue weighted by Gasteiger charge is -2.36. The van der Waals surface area contributed by atoms with Gasteiger partial charge in [0.1, 0.15) is 5.75 Å². The molecule has 5 rings (SSSR count). The van der Waals surface area contributed by atoms with Crippen molar-refractivity contribution in [1.29, 1.82) is 0 Å². The lowest BCUT2D eigenvalue weighted by atomic mass is 10.1. The first-order chi connectivity index (χ1) is 17.1. The van der Waals surface area contributed by atoms with E-state index in [1.807, 2.05) is 22.8 Å². The minimum Gasteiger partial charge on any atom is -0.508 e. The Morgan fingerprint density at radius 1 is 0.943 bits per heavy atom. The van der Waals surface area contributed by atoms with Gasteiger partial charge in [-0.1, -0.05) is 30.3 Å². The summed E-state index contributed by atoms with van der Waals surface area (Å²) in [6.45, 7) is 5.80. The normalized spacial score (nSPS) is 14.9. The molecule has 0 unspecified atom stereocenters. The minimum atomic E-state index is 0.0171. The van der Waals surface area contributed by atoms with Crippen LogP contribution < -0.4 is 15.1 Å². The van der Waals surface area contributed by atoms with Gasteiger partial charge in [0.2, 0.25) is 5.95 Å². The molecule has 9 heteroatoms. The summed E-state index contributed by atoms with van der Waals surface area (Å²) in [7, 11) is 0. The summed E-state index contributed by atoms with van der Waals surface area (Å²) in [6, 6.07) is 17.9. The molecular formula is C26H31N7O2. The molecule has 1 fully saturated rings. The molecule has 3 N–H and O–H groups in total. The van der Waals surface area contributed by atoms with Gasteiger partial charge in [0, 0.05) is 44.5 Å². The summed E-state index contributed by atoms with van der Waals surface area (Å²) in [4.78, 5) is 18.8. The van der Waals surface area contributed by atoms with E-state index >= 15 is 0 Å². The second-order valence-electron chi connectivity index (χ2n) is 8.93. The molecule has 2 aromatic carbocycles. The van der Waals surface area contributed by atoms with Gasteiger partial charge < -0.3 is 29.9 Å². The van der Waals surface area contributed by atoms with Crippen molar-refractivity contribution in [3.8, 4) is 5.75 Å². The Kier molecular flexibility index (Phi) is 6.67. The van der Waals surface area contributed by atoms with Crippen molar-refractivity contribution in [1.82, 2.24) is 19.5 Å². The zero-order chi connectivity index (χ0) is 24.2. The Balaban J connectivity index is 1.38. The number of nitrogens with one attached hydrogen (secondary N) is 1. The standard InChI is InChI=1S/C26H31N7O2/c1-19(17-20-5-3-2-4-6-20)28-24-23-25(33(15-16-34)18-27-23)30-26(29-24)32-13-11-31(12-14-32)21-7-9-22(35)10-8-21/h2-10,18-19,34-35H,11-17H2,1H3,(H,28,29,30)/t19-/m1/s1. The molecule has 9 nitrogen and oxygen atoms in total. The fourth-order valence-electron chi connectivity index (χ4n) is 4.53. The molecule has 182 valence electrons. The van der Waals surface area contributed by atoms with E-state index in [0.29, 0.717) is 23.8 Å². The summed E-state index contributed by atoms with van der Waals surface area (Å²) in [5.41, 5.74) is 3.79. The second-order valence-corrected chi connectivity index (χ2v) is 8.93. The number of phenolic OH excluding ortho intramolecular Hbond substituents is 1. The van der Waals surface area contributed by atoms with Crippen LogP contribution in [0.4, 0.5) is 17.5 Å². The van der Waals surface area contributed by atoms with Gasteiger partial charge in [-0.25, -0.2) is 4.98 Å². The number of rotatable bonds is 8. The number of imidazole rings is 1. The molecule has 1 aliphatic heterocycles. The van der Waals surface area contributed by atoms with Crippen molar-refractivity contribution in [2.75, 3.05) is 47.9 Å². The molecule has 0 bridgehead atoms. The van der Waals surface area contributed by atoms with Crippen LogP contribution in [0.3, 0.4) is 0 Å². The van der Waals surface area contributed by atoms with Crippen LogP contribution in [0.25, 0.3) is 11.2 Å². The predicted octanol–water partition coefficient (Wildman–Crippen LogP) is 2.89. The van der Waals surface area contributed by atoms with Crippen molar-refractivity contribution < 1.29 is 10.2 Å². The largest absolute Gasteiger partial charge is 0.508 e. The van der Waals surface area contributed by atoms with E-state index in [9.17, 15) is 10.2 Å². The van der Waals surface area contributed by atoms with Gasteiger partial charge in [0.15, 0.2) is 17.0 Å². The molecule has 2 aromatic heterocycles. The maximum absolute atomic E-state index is 9.57. The number of aliphatic hydroxyl groups excluding tert-OH is 1. The average molecular weight is 474 g/mol. The van der Waals surface area contributed by atoms with Crippen molar-refractivity contribution in [3.63, 3.8) is 0 Å². The van der Waals surface area contributed by atoms with Crippen LogP contribution in [0, 0.1) is 0 Å². The molecule has 1 saturated heterocycles. The molecule has 0 spiro atoms. The van der Waals surface area contributed by atoms with Crippen molar-refractivity contribution in [2.24, 2.45) is 0 Å². The zero-order valence-electron chi connectivity index (χ0n) is 19.9. The number of hydrogen-bond acceptors (Lipinski definition) is 8. The fraction of sp³-hybridized carbons (Fsp3) is 0.346. The Bertz CT molecular complexity index is 1250. The molecule has 3 heterocycles. The third-order valence-electron chi connectivity index (χ3n) is 6.34. The fourth-order valence-corrected chi connectivity index (χ4v) is 4.53. The third kappa shape index (κ3) is 5.14. The van der Waals surface area contributed by atoms with Gasteiger partial charge in [0.05, 0.1) is 12.9 Å². The first kappa shape index (κ1) is 22.9. The number of piperazine rings is 1. The lowest BCUT2D eigenvalue weighted by molar-refractivity contribution is 0.277. The molecular weight excluding hydrogens is 442 g/mol. The molecule has 0 aliphatic carbocycles. The van der Waals surface area contributed by atoms with Crippen LogP contribution in [0.1, 0.15) is 12.5 Å². The first-order valence-corrected chi connectivity index (χ1v) is 12.0. The number of benzene rings is 2. The van der Waals surface area contributed by atoms with E-state index in [1.165, 1.54) is 5.56 Å². The monoisotopic (exact) mass is 473 g/mol. The minimum absolute atomic E-state index is 0.0171. The Morgan fingerprint density at radius 2 is 1.66 bits per heavy atom. The topological polar surface area (TPSA) is 103 Å². The molecule has 1 aliphatic rings. The summed E-state index contributed by atoms with van der Waals surface area (Å²) in [6.07, 6.45) is 2.58. The molecule has 0 radical (unpaired) electrons. The van der Waals surface area contributed by atoms with E-state index in [0.717, 1.165) is 43.9 Å². The van der Waals surface area contributed by atoms with Crippen LogP contribution in [-0.4, -0.2) is 68.6 Å². The van der Waals surface area contributed by atoms with Gasteiger partial charge in [-0.2, -0.15) is 9.97 Å². The zero-order valence-corrected chi connectivity index (χ0v) is 19.9. The summed E-state index contributed by atoms with van der Waals surface area (Å²) < 4.78 is 1.88. The van der Waals surface area contributed by atoms with E-state index in [2.05, 4.69) is 51.3 Å². The smallest absolute Gasteiger partial charge is 0.229 e. The maximum atomic E-state index is 9.57. The molecule has 0 amide bonds. The van der Waals surface area contributed by atoms with E-state index in [4.69, 9.17) is 9.97 Å². The van der Waals surface area contributed by atoms with Crippen LogP contribution in [0.5, 0.6) is 5.75 Å². The maximum Gasteiger partial charge on any atom is 0.229 e. The van der Waals surface area contributed by atoms with Crippen molar-refractivity contribution in [2.45, 2.75) is 25.9 Å². The van der Waals surface area contributed by atoms with Crippen LogP contribution in [0.2, 0.25) is 0 Å². The molecule has 1 atom stereocenters. The number of anilines is 3. The number of aromatic hydroxyl groups is 1. The number of fused-ring (bicyclic) bond motifs is 1. The lowest BCUT2D eigenvalue weighted by Crippen LogP contribution is -2.47. The van der Waals surface area contributed by atoms with E-state index in [1.54, 1.807) is 18.5 Å². The highest BCUT2D eigenvalue weighted by Crippen LogP contribution is 2.26. The number of aromatic nitrogens is 4. The quantitative estimate of drug-likeness (QED) is 0.359. The summed E-state index contributed by atoms with van der Waals surface area (Å²) in [5, 5.41) is 22.6. The average Bonchev–Trinajstić information content (AvgIpc) is 3.28. The van der Waals surface area contributed by atoms with Crippen LogP contribution in [-0.2, 0) is 13.0 Å². The number of aliphatic hydroxyl groups is 1. The van der Waals surface area contributed by atoms with Gasteiger partial charge in [-0.3, -0.25) is 0 Å². The molecule has 4 aromatic rings. The van der Waals surface area contributed by atoms with Gasteiger partial charge in [-0.05, 0) is 43.2 Å². The number of hydrogen-bond donors (Lipinski definition) is 3. The molecule has 35 heavy (non-hydrogen) atoms. The van der Waals surface area contributed by atoms with Crippen LogP contribution >= 0.6 is 0 Å². The van der Waals surface area contributed by atoms with Crippen molar-refractivity contribution in [3.05, 3.63) is 66.5 Å². The highest BCUT2D eigenvalue weighted by molar-refractivity contribution is 5.84. The third-order valence-corrected chi connectivity index (χ3v) is 6.34. The summed E-state index contributed by atoms with van der Waals surface area (Å²) in [5.74, 6) is 1.65. The van der Waals surface area contributed by atoms with Gasteiger partial charge >= 0.3 is 0 Å². The number of phenols is 1. The van der Waals surface area contributed by atoms with E-state index in [-0.39, 0.29) is 18.4 Å². The Hall–Kier alpha value is -3.85. The van der Waals surface area contributed by atoms with E-state index < -0.39 is 0 Å². The SMILES string of the molecule is C[C@H](Cc1ccccc1)Nc1nc(N2CCN(c3ccc(O)cc3)CC2)nc2c1ncn2CCO. The second kappa shape index (κ2) is 10.2. The highest BCUT2D eigenvalue weighted by atomic mass is 16.3. The number of nitrogens with zero attached hydrogens (tertiary/aromatic N) is 6. The summed E-state index contributed by atoms with van der Waals surface area (Å²) >= 11 is 0. The van der Waals surface area contributed by atoms with Gasteiger partial charge in [-0.15, -0.1) is 0 Å².